The van der Waals surface area contributed by atoms with Crippen LogP contribution in [-0.4, -0.2) is 54.6 Å². The van der Waals surface area contributed by atoms with E-state index in [-0.39, 0.29) is 30.0 Å². The zero-order chi connectivity index (χ0) is 18.2. The molecule has 1 atom stereocenters. The third kappa shape index (κ3) is 6.32. The first-order valence-corrected chi connectivity index (χ1v) is 8.84. The Labute approximate surface area is 175 Å². The normalized spacial score (nSPS) is 12.6. The average Bonchev–Trinajstić information content (AvgIpc) is 2.99. The highest BCUT2D eigenvalue weighted by molar-refractivity contribution is 14.0. The van der Waals surface area contributed by atoms with E-state index in [0.29, 0.717) is 0 Å². The minimum absolute atomic E-state index is 0. The second-order valence-corrected chi connectivity index (χ2v) is 6.55. The first-order chi connectivity index (χ1) is 12.0. The van der Waals surface area contributed by atoms with Gasteiger partial charge < -0.3 is 19.7 Å². The number of nitrogens with one attached hydrogen (secondary N) is 1. The number of rotatable bonds is 7. The molecule has 2 aromatic rings. The maximum absolute atomic E-state index is 4.90. The first-order valence-electron chi connectivity index (χ1n) is 8.84. The minimum atomic E-state index is 0. The quantitative estimate of drug-likeness (QED) is 0.384. The maximum atomic E-state index is 4.90. The molecule has 0 saturated carbocycles. The zero-order valence-corrected chi connectivity index (χ0v) is 18.8. The lowest BCUT2D eigenvalue weighted by molar-refractivity contribution is 0.305. The lowest BCUT2D eigenvalue weighted by atomic mass is 10.1. The number of hydrogen-bond acceptors (Lipinski definition) is 2. The summed E-state index contributed by atoms with van der Waals surface area (Å²) in [6.07, 6.45) is 2.07. The molecule has 0 saturated heterocycles. The fourth-order valence-corrected chi connectivity index (χ4v) is 2.86. The van der Waals surface area contributed by atoms with Crippen LogP contribution in [0.4, 0.5) is 0 Å². The van der Waals surface area contributed by atoms with E-state index in [2.05, 4.69) is 103 Å². The van der Waals surface area contributed by atoms with Gasteiger partial charge in [0.2, 0.25) is 0 Å². The molecule has 144 valence electrons. The molecule has 0 aliphatic rings. The molecule has 26 heavy (non-hydrogen) atoms. The molecule has 0 spiro atoms. The monoisotopic (exact) mass is 469 g/mol. The van der Waals surface area contributed by atoms with Crippen LogP contribution in [0.1, 0.15) is 24.2 Å². The molecule has 0 fully saturated rings. The highest BCUT2D eigenvalue weighted by atomic mass is 127. The van der Waals surface area contributed by atoms with E-state index in [1.165, 1.54) is 11.3 Å². The predicted molar refractivity (Wildman–Crippen MR) is 121 cm³/mol. The number of benzene rings is 1. The number of halogens is 1. The maximum Gasteiger partial charge on any atom is 0.194 e. The highest BCUT2D eigenvalue weighted by Gasteiger charge is 2.15. The molecule has 0 aliphatic carbocycles. The number of nitrogens with zero attached hydrogens (tertiary/aromatic N) is 4. The molecule has 0 radical (unpaired) electrons. The lowest BCUT2D eigenvalue weighted by Gasteiger charge is -2.26. The Morgan fingerprint density at radius 1 is 1.12 bits per heavy atom. The van der Waals surface area contributed by atoms with Crippen LogP contribution >= 0.6 is 24.0 Å². The van der Waals surface area contributed by atoms with Gasteiger partial charge in [-0.25, -0.2) is 0 Å². The van der Waals surface area contributed by atoms with Crippen molar-refractivity contribution in [2.24, 2.45) is 12.0 Å². The zero-order valence-electron chi connectivity index (χ0n) is 16.5. The van der Waals surface area contributed by atoms with Gasteiger partial charge in [0.05, 0.1) is 19.1 Å². The molecule has 1 aromatic carbocycles. The van der Waals surface area contributed by atoms with Gasteiger partial charge in [-0.15, -0.1) is 24.0 Å². The summed E-state index contributed by atoms with van der Waals surface area (Å²) in [4.78, 5) is 9.30. The van der Waals surface area contributed by atoms with E-state index in [0.717, 1.165) is 25.6 Å². The Morgan fingerprint density at radius 3 is 2.35 bits per heavy atom. The molecular weight excluding hydrogens is 437 g/mol. The summed E-state index contributed by atoms with van der Waals surface area (Å²) in [5.74, 6) is 0.937. The molecule has 0 amide bonds. The van der Waals surface area contributed by atoms with E-state index in [4.69, 9.17) is 4.99 Å². The Hall–Kier alpha value is -1.54. The van der Waals surface area contributed by atoms with Gasteiger partial charge in [0.25, 0.3) is 0 Å². The van der Waals surface area contributed by atoms with Crippen LogP contribution in [0.5, 0.6) is 0 Å². The van der Waals surface area contributed by atoms with Crippen LogP contribution in [0, 0.1) is 0 Å². The third-order valence-electron chi connectivity index (χ3n) is 4.37. The molecule has 1 aromatic heterocycles. The van der Waals surface area contributed by atoms with Crippen molar-refractivity contribution >= 4 is 29.9 Å². The molecule has 5 nitrogen and oxygen atoms in total. The Kier molecular flexibility index (Phi) is 9.72. The number of aliphatic imine (C=N–C) groups is 1. The van der Waals surface area contributed by atoms with Gasteiger partial charge in [-0.3, -0.25) is 4.99 Å². The minimum Gasteiger partial charge on any atom is -0.357 e. The van der Waals surface area contributed by atoms with Crippen molar-refractivity contribution in [3.05, 3.63) is 59.9 Å². The smallest absolute Gasteiger partial charge is 0.194 e. The second kappa shape index (κ2) is 11.2. The Bertz CT molecular complexity index is 666. The molecule has 2 rings (SSSR count). The van der Waals surface area contributed by atoms with Crippen molar-refractivity contribution < 1.29 is 0 Å². The fraction of sp³-hybridized carbons (Fsp3) is 0.450. The van der Waals surface area contributed by atoms with Crippen LogP contribution in [0.3, 0.4) is 0 Å². The lowest BCUT2D eigenvalue weighted by Crippen LogP contribution is -2.39. The summed E-state index contributed by atoms with van der Waals surface area (Å²) < 4.78 is 2.15. The van der Waals surface area contributed by atoms with Crippen LogP contribution < -0.4 is 5.32 Å². The topological polar surface area (TPSA) is 35.8 Å². The molecule has 1 unspecified atom stereocenters. The van der Waals surface area contributed by atoms with Gasteiger partial charge in [-0.05, 0) is 38.7 Å². The average molecular weight is 469 g/mol. The van der Waals surface area contributed by atoms with Gasteiger partial charge in [0.15, 0.2) is 5.96 Å². The standard InChI is InChI=1S/C20H31N5.HI/c1-6-21-20(25(5)16-18-13-10-14-24(18)4)22-15-19(23(2)3)17-11-8-7-9-12-17;/h7-14,19H,6,15-16H2,1-5H3,(H,21,22);1H. The summed E-state index contributed by atoms with van der Waals surface area (Å²) in [7, 11) is 8.37. The van der Waals surface area contributed by atoms with Crippen molar-refractivity contribution in [3.8, 4) is 0 Å². The van der Waals surface area contributed by atoms with Crippen LogP contribution in [0.15, 0.2) is 53.7 Å². The fourth-order valence-electron chi connectivity index (χ4n) is 2.86. The van der Waals surface area contributed by atoms with Gasteiger partial charge in [0, 0.05) is 32.5 Å². The predicted octanol–water partition coefficient (Wildman–Crippen LogP) is 3.34. The summed E-state index contributed by atoms with van der Waals surface area (Å²) in [5.41, 5.74) is 2.55. The van der Waals surface area contributed by atoms with E-state index in [9.17, 15) is 0 Å². The highest BCUT2D eigenvalue weighted by Crippen LogP contribution is 2.18. The van der Waals surface area contributed by atoms with Crippen molar-refractivity contribution in [2.45, 2.75) is 19.5 Å². The summed E-state index contributed by atoms with van der Waals surface area (Å²) in [5, 5.41) is 3.41. The SMILES string of the molecule is CCNC(=NCC(c1ccccc1)N(C)C)N(C)Cc1cccn1C.I. The number of aromatic nitrogens is 1. The van der Waals surface area contributed by atoms with Crippen molar-refractivity contribution in [1.82, 2.24) is 19.7 Å². The second-order valence-electron chi connectivity index (χ2n) is 6.55. The Balaban J connectivity index is 0.00000338. The van der Waals surface area contributed by atoms with Crippen molar-refractivity contribution in [3.63, 3.8) is 0 Å². The van der Waals surface area contributed by atoms with Gasteiger partial charge >= 0.3 is 0 Å². The number of guanidine groups is 1. The summed E-state index contributed by atoms with van der Waals surface area (Å²) in [6.45, 7) is 4.50. The molecular formula is C20H32IN5. The van der Waals surface area contributed by atoms with Gasteiger partial charge in [-0.1, -0.05) is 30.3 Å². The number of likely N-dealkylation sites (N-methyl/N-ethyl adjacent to an activating group) is 1. The number of hydrogen-bond donors (Lipinski definition) is 1. The third-order valence-corrected chi connectivity index (χ3v) is 4.37. The first kappa shape index (κ1) is 22.5. The largest absolute Gasteiger partial charge is 0.357 e. The van der Waals surface area contributed by atoms with Crippen LogP contribution in [-0.2, 0) is 13.6 Å². The van der Waals surface area contributed by atoms with E-state index in [1.54, 1.807) is 0 Å². The van der Waals surface area contributed by atoms with Gasteiger partial charge in [-0.2, -0.15) is 0 Å². The molecule has 0 aliphatic heterocycles. The summed E-state index contributed by atoms with van der Waals surface area (Å²) >= 11 is 0. The van der Waals surface area contributed by atoms with Crippen molar-refractivity contribution in [1.29, 1.82) is 0 Å². The molecule has 1 N–H and O–H groups in total. The van der Waals surface area contributed by atoms with Crippen LogP contribution in [0.2, 0.25) is 0 Å². The number of aryl methyl sites for hydroxylation is 1. The molecule has 6 heteroatoms. The molecule has 0 bridgehead atoms. The summed E-state index contributed by atoms with van der Waals surface area (Å²) in [6, 6.07) is 15.0. The van der Waals surface area contributed by atoms with Crippen molar-refractivity contribution in [2.75, 3.05) is 34.2 Å². The van der Waals surface area contributed by atoms with E-state index in [1.807, 2.05) is 0 Å². The van der Waals surface area contributed by atoms with Gasteiger partial charge in [0.1, 0.15) is 0 Å². The van der Waals surface area contributed by atoms with Crippen LogP contribution in [0.25, 0.3) is 0 Å². The van der Waals surface area contributed by atoms with E-state index >= 15 is 0 Å². The Morgan fingerprint density at radius 2 is 1.81 bits per heavy atom. The van der Waals surface area contributed by atoms with E-state index < -0.39 is 0 Å². The molecule has 1 heterocycles.